The number of nitrogens with zero attached hydrogens (tertiary/aromatic N) is 4. The van der Waals surface area contributed by atoms with Crippen molar-refractivity contribution >= 4 is 12.0 Å². The zero-order valence-electron chi connectivity index (χ0n) is 20.1. The van der Waals surface area contributed by atoms with Gasteiger partial charge in [-0.15, -0.1) is 0 Å². The minimum Gasteiger partial charge on any atom is -0.495 e. The molecule has 1 aromatic heterocycles. The molecule has 0 aliphatic carbocycles. The number of carbonyl (C=O) groups is 1. The molecule has 0 N–H and O–H groups in total. The van der Waals surface area contributed by atoms with E-state index >= 15 is 0 Å². The highest BCUT2D eigenvalue weighted by molar-refractivity contribution is 5.92. The van der Waals surface area contributed by atoms with Gasteiger partial charge in [-0.3, -0.25) is 9.69 Å². The Hall–Kier alpha value is -3.42. The molecule has 0 bridgehead atoms. The summed E-state index contributed by atoms with van der Waals surface area (Å²) < 4.78 is 13.0. The summed E-state index contributed by atoms with van der Waals surface area (Å²) in [5.74, 6) is 0.672. The molecule has 1 unspecified atom stereocenters. The summed E-state index contributed by atoms with van der Waals surface area (Å²) in [6, 6.07) is 16.0. The maximum Gasteiger partial charge on any atom is 0.246 e. The highest BCUT2D eigenvalue weighted by Crippen LogP contribution is 2.26. The molecule has 7 heteroatoms. The van der Waals surface area contributed by atoms with Gasteiger partial charge >= 0.3 is 0 Å². The fourth-order valence-corrected chi connectivity index (χ4v) is 4.16. The number of carbonyl (C=O) groups excluding carboxylic acids is 1. The maximum atomic E-state index is 13.2. The number of methoxy groups -OCH3 is 1. The van der Waals surface area contributed by atoms with E-state index in [0.717, 1.165) is 61.1 Å². The van der Waals surface area contributed by atoms with Crippen LogP contribution in [0.5, 0.6) is 5.75 Å². The van der Waals surface area contributed by atoms with Crippen LogP contribution in [0.4, 0.5) is 0 Å². The third-order valence-electron chi connectivity index (χ3n) is 6.15. The van der Waals surface area contributed by atoms with Crippen molar-refractivity contribution in [3.8, 4) is 11.4 Å². The van der Waals surface area contributed by atoms with Gasteiger partial charge in [0, 0.05) is 39.0 Å². The van der Waals surface area contributed by atoms with Crippen LogP contribution in [0.15, 0.2) is 67.1 Å². The van der Waals surface area contributed by atoms with E-state index in [9.17, 15) is 4.79 Å². The number of likely N-dealkylation sites (N-methyl/N-ethyl adjacent to an activating group) is 1. The summed E-state index contributed by atoms with van der Waals surface area (Å²) in [5, 5.41) is 0. The summed E-state index contributed by atoms with van der Waals surface area (Å²) in [7, 11) is 3.51. The number of ether oxygens (including phenoxy) is 2. The second-order valence-electron chi connectivity index (χ2n) is 8.48. The predicted octanol–water partition coefficient (Wildman–Crippen LogP) is 3.73. The van der Waals surface area contributed by atoms with Crippen molar-refractivity contribution in [2.24, 2.45) is 0 Å². The van der Waals surface area contributed by atoms with E-state index in [2.05, 4.69) is 22.0 Å². The molecule has 7 nitrogen and oxygen atoms in total. The first-order valence-corrected chi connectivity index (χ1v) is 11.5. The van der Waals surface area contributed by atoms with Crippen LogP contribution in [0.3, 0.4) is 0 Å². The zero-order chi connectivity index (χ0) is 23.9. The normalized spacial score (nSPS) is 15.4. The standard InChI is InChI=1S/C27H32N4O3/c1-21-18-31(20-28-21)24-11-9-22(17-26(24)33-3)10-12-27(32)29(2)25(23-7-5-4-6-8-23)19-30-13-15-34-16-14-30/h4-12,17-18,20,25H,13-16,19H2,1-3H3/b12-10+. The Labute approximate surface area is 201 Å². The molecular weight excluding hydrogens is 428 g/mol. The lowest BCUT2D eigenvalue weighted by Crippen LogP contribution is -2.43. The molecule has 1 atom stereocenters. The Morgan fingerprint density at radius 3 is 2.65 bits per heavy atom. The quantitative estimate of drug-likeness (QED) is 0.480. The van der Waals surface area contributed by atoms with Gasteiger partial charge in [-0.25, -0.2) is 4.98 Å². The molecule has 4 rings (SSSR count). The number of morpholine rings is 1. The summed E-state index contributed by atoms with van der Waals surface area (Å²) in [6.45, 7) is 5.94. The lowest BCUT2D eigenvalue weighted by atomic mass is 10.0. The van der Waals surface area contributed by atoms with E-state index in [1.165, 1.54) is 0 Å². The average Bonchev–Trinajstić information content (AvgIpc) is 3.32. The maximum absolute atomic E-state index is 13.2. The number of amides is 1. The number of imidazole rings is 1. The van der Waals surface area contributed by atoms with E-state index in [1.807, 2.05) is 72.1 Å². The lowest BCUT2D eigenvalue weighted by molar-refractivity contribution is -0.127. The van der Waals surface area contributed by atoms with Gasteiger partial charge in [0.15, 0.2) is 0 Å². The monoisotopic (exact) mass is 460 g/mol. The molecule has 3 aromatic rings. The highest BCUT2D eigenvalue weighted by Gasteiger charge is 2.24. The molecule has 178 valence electrons. The van der Waals surface area contributed by atoms with E-state index in [-0.39, 0.29) is 11.9 Å². The third-order valence-corrected chi connectivity index (χ3v) is 6.15. The van der Waals surface area contributed by atoms with Gasteiger partial charge in [0.2, 0.25) is 5.91 Å². The van der Waals surface area contributed by atoms with Crippen LogP contribution in [0, 0.1) is 6.92 Å². The molecule has 0 spiro atoms. The molecule has 2 heterocycles. The smallest absolute Gasteiger partial charge is 0.246 e. The first kappa shape index (κ1) is 23.7. The van der Waals surface area contributed by atoms with Crippen LogP contribution in [0.2, 0.25) is 0 Å². The van der Waals surface area contributed by atoms with Crippen LogP contribution in [-0.2, 0) is 9.53 Å². The summed E-state index contributed by atoms with van der Waals surface area (Å²) in [6.07, 6.45) is 7.18. The fourth-order valence-electron chi connectivity index (χ4n) is 4.16. The van der Waals surface area contributed by atoms with Crippen molar-refractivity contribution in [2.75, 3.05) is 47.0 Å². The minimum atomic E-state index is -0.0459. The molecule has 0 radical (unpaired) electrons. The molecule has 1 fully saturated rings. The average molecular weight is 461 g/mol. The molecule has 1 aliphatic heterocycles. The van der Waals surface area contributed by atoms with Gasteiger partial charge in [0.1, 0.15) is 5.75 Å². The van der Waals surface area contributed by atoms with Crippen LogP contribution in [0.25, 0.3) is 11.8 Å². The fraction of sp³-hybridized carbons (Fsp3) is 0.333. The minimum absolute atomic E-state index is 0.0437. The third kappa shape index (κ3) is 5.73. The van der Waals surface area contributed by atoms with Crippen molar-refractivity contribution in [1.82, 2.24) is 19.4 Å². The number of rotatable bonds is 8. The number of aryl methyl sites for hydroxylation is 1. The number of benzene rings is 2. The van der Waals surface area contributed by atoms with Crippen LogP contribution >= 0.6 is 0 Å². The largest absolute Gasteiger partial charge is 0.495 e. The lowest BCUT2D eigenvalue weighted by Gasteiger charge is -2.35. The van der Waals surface area contributed by atoms with Crippen molar-refractivity contribution in [2.45, 2.75) is 13.0 Å². The van der Waals surface area contributed by atoms with E-state index < -0.39 is 0 Å². The Balaban J connectivity index is 1.50. The molecule has 34 heavy (non-hydrogen) atoms. The molecule has 1 saturated heterocycles. The Morgan fingerprint density at radius 1 is 1.21 bits per heavy atom. The van der Waals surface area contributed by atoms with Gasteiger partial charge in [-0.2, -0.15) is 0 Å². The zero-order valence-corrected chi connectivity index (χ0v) is 20.1. The molecular formula is C27H32N4O3. The molecule has 0 saturated carbocycles. The Bertz CT molecular complexity index is 1120. The molecule has 1 amide bonds. The second-order valence-corrected chi connectivity index (χ2v) is 8.48. The van der Waals surface area contributed by atoms with Gasteiger partial charge in [-0.05, 0) is 36.3 Å². The van der Waals surface area contributed by atoms with Crippen LogP contribution in [-0.4, -0.2) is 72.3 Å². The summed E-state index contributed by atoms with van der Waals surface area (Å²) >= 11 is 0. The SMILES string of the molecule is COc1cc(/C=C/C(=O)N(C)C(CN2CCOCC2)c2ccccc2)ccc1-n1cnc(C)c1. The van der Waals surface area contributed by atoms with Crippen molar-refractivity contribution in [1.29, 1.82) is 0 Å². The summed E-state index contributed by atoms with van der Waals surface area (Å²) in [5.41, 5.74) is 3.85. The van der Waals surface area contributed by atoms with E-state index in [0.29, 0.717) is 0 Å². The van der Waals surface area contributed by atoms with E-state index in [4.69, 9.17) is 9.47 Å². The second kappa shape index (κ2) is 11.1. The predicted molar refractivity (Wildman–Crippen MR) is 133 cm³/mol. The van der Waals surface area contributed by atoms with E-state index in [1.54, 1.807) is 19.5 Å². The van der Waals surface area contributed by atoms with Gasteiger partial charge in [0.25, 0.3) is 0 Å². The number of hydrogen-bond acceptors (Lipinski definition) is 5. The van der Waals surface area contributed by atoms with Gasteiger partial charge < -0.3 is 18.9 Å². The van der Waals surface area contributed by atoms with Crippen molar-refractivity contribution < 1.29 is 14.3 Å². The van der Waals surface area contributed by atoms with Crippen LogP contribution < -0.4 is 4.74 Å². The van der Waals surface area contributed by atoms with Crippen molar-refractivity contribution in [3.05, 3.63) is 84.0 Å². The number of hydrogen-bond donors (Lipinski definition) is 0. The molecule has 1 aliphatic rings. The highest BCUT2D eigenvalue weighted by atomic mass is 16.5. The topological polar surface area (TPSA) is 59.8 Å². The number of aromatic nitrogens is 2. The summed E-state index contributed by atoms with van der Waals surface area (Å²) in [4.78, 5) is 21.6. The Morgan fingerprint density at radius 2 is 1.97 bits per heavy atom. The van der Waals surface area contributed by atoms with Gasteiger partial charge in [0.05, 0.1) is 44.1 Å². The first-order valence-electron chi connectivity index (χ1n) is 11.5. The molecule has 2 aromatic carbocycles. The van der Waals surface area contributed by atoms with Gasteiger partial charge in [-0.1, -0.05) is 36.4 Å². The first-order chi connectivity index (χ1) is 16.5. The van der Waals surface area contributed by atoms with Crippen LogP contribution in [0.1, 0.15) is 22.9 Å². The van der Waals surface area contributed by atoms with Crippen molar-refractivity contribution in [3.63, 3.8) is 0 Å². The Kier molecular flexibility index (Phi) is 7.77.